The van der Waals surface area contributed by atoms with Gasteiger partial charge in [0.25, 0.3) is 17.4 Å². The van der Waals surface area contributed by atoms with Crippen LogP contribution < -0.4 is 5.32 Å². The molecule has 1 atom stereocenters. The maximum atomic E-state index is 12.7. The van der Waals surface area contributed by atoms with E-state index in [2.05, 4.69) is 10.3 Å². The second-order valence-electron chi connectivity index (χ2n) is 6.44. The number of Topliss-reactive ketones (excluding diaryl/α,β-unsaturated/α-hetero) is 1. The summed E-state index contributed by atoms with van der Waals surface area (Å²) >= 11 is 0. The number of non-ortho nitro benzene ring substituents is 1. The number of hydrogen-bond acceptors (Lipinski definition) is 7. The van der Waals surface area contributed by atoms with E-state index < -0.39 is 28.6 Å². The summed E-state index contributed by atoms with van der Waals surface area (Å²) in [5, 5.41) is 22.9. The summed E-state index contributed by atoms with van der Waals surface area (Å²) in [4.78, 5) is 50.4. The van der Waals surface area contributed by atoms with Crippen LogP contribution in [0.5, 0.6) is 5.75 Å². The molecule has 0 aliphatic carbocycles. The van der Waals surface area contributed by atoms with E-state index in [1.807, 2.05) is 0 Å². The standard InChI is InChI=1S/C20H17N3O7/c1-30-20(27)17(8-11-2-5-13(24)6-3-11)22-19(26)18(25)15-10-21-16-7-4-12(23(28)29)9-14(15)16/h2-7,9-10,17,21,24H,8H2,1H3,(H,22,26). The fourth-order valence-corrected chi connectivity index (χ4v) is 2.96. The van der Waals surface area contributed by atoms with Crippen LogP contribution in [-0.4, -0.2) is 45.8 Å². The van der Waals surface area contributed by atoms with Gasteiger partial charge in [0.15, 0.2) is 0 Å². The highest BCUT2D eigenvalue weighted by atomic mass is 16.6. The predicted octanol–water partition coefficient (Wildman–Crippen LogP) is 1.86. The number of amides is 1. The number of H-pyrrole nitrogens is 1. The van der Waals surface area contributed by atoms with E-state index in [4.69, 9.17) is 4.74 Å². The van der Waals surface area contributed by atoms with E-state index in [-0.39, 0.29) is 28.8 Å². The molecule has 0 radical (unpaired) electrons. The quantitative estimate of drug-likeness (QED) is 0.176. The first-order chi connectivity index (χ1) is 14.3. The van der Waals surface area contributed by atoms with Crippen molar-refractivity contribution >= 4 is 34.3 Å². The summed E-state index contributed by atoms with van der Waals surface area (Å²) < 4.78 is 4.70. The van der Waals surface area contributed by atoms with E-state index in [1.165, 1.54) is 36.5 Å². The molecule has 0 spiro atoms. The Bertz CT molecular complexity index is 1140. The number of nitro groups is 1. The monoisotopic (exact) mass is 411 g/mol. The van der Waals surface area contributed by atoms with Crippen molar-refractivity contribution in [1.82, 2.24) is 10.3 Å². The van der Waals surface area contributed by atoms with Crippen LogP contribution in [0.4, 0.5) is 5.69 Å². The zero-order valence-electron chi connectivity index (χ0n) is 15.7. The third-order valence-corrected chi connectivity index (χ3v) is 4.49. The Kier molecular flexibility index (Phi) is 5.77. The topological polar surface area (TPSA) is 152 Å². The number of phenols is 1. The van der Waals surface area contributed by atoms with Gasteiger partial charge < -0.3 is 20.1 Å². The van der Waals surface area contributed by atoms with Crippen molar-refractivity contribution in [1.29, 1.82) is 0 Å². The molecular weight excluding hydrogens is 394 g/mol. The molecular formula is C20H17N3O7. The second kappa shape index (κ2) is 8.43. The molecule has 0 fully saturated rings. The van der Waals surface area contributed by atoms with Crippen LogP contribution in [0.2, 0.25) is 0 Å². The number of aromatic hydroxyl groups is 1. The summed E-state index contributed by atoms with van der Waals surface area (Å²) in [6.07, 6.45) is 1.31. The second-order valence-corrected chi connectivity index (χ2v) is 6.44. The zero-order chi connectivity index (χ0) is 21.8. The van der Waals surface area contributed by atoms with Gasteiger partial charge in [-0.2, -0.15) is 0 Å². The number of ketones is 1. The van der Waals surface area contributed by atoms with Crippen LogP contribution >= 0.6 is 0 Å². The summed E-state index contributed by atoms with van der Waals surface area (Å²) in [6, 6.07) is 8.75. The molecule has 3 rings (SSSR count). The van der Waals surface area contributed by atoms with Gasteiger partial charge >= 0.3 is 5.97 Å². The Morgan fingerprint density at radius 3 is 2.53 bits per heavy atom. The summed E-state index contributed by atoms with van der Waals surface area (Å²) in [5.74, 6) is -2.72. The highest BCUT2D eigenvalue weighted by Gasteiger charge is 2.27. The van der Waals surface area contributed by atoms with E-state index in [1.54, 1.807) is 12.1 Å². The van der Waals surface area contributed by atoms with Crippen LogP contribution in [0.3, 0.4) is 0 Å². The molecule has 0 saturated heterocycles. The number of esters is 1. The molecule has 3 N–H and O–H groups in total. The Labute approximate surface area is 169 Å². The van der Waals surface area contributed by atoms with E-state index in [0.29, 0.717) is 11.1 Å². The Balaban J connectivity index is 1.83. The van der Waals surface area contributed by atoms with Gasteiger partial charge in [0.2, 0.25) is 0 Å². The number of phenolic OH excluding ortho intramolecular Hbond substituents is 1. The number of rotatable bonds is 7. The lowest BCUT2D eigenvalue weighted by molar-refractivity contribution is -0.384. The Hall–Kier alpha value is -4.21. The number of methoxy groups -OCH3 is 1. The van der Waals surface area contributed by atoms with Gasteiger partial charge in [0.05, 0.1) is 17.6 Å². The zero-order valence-corrected chi connectivity index (χ0v) is 15.7. The first-order valence-electron chi connectivity index (χ1n) is 8.76. The van der Waals surface area contributed by atoms with Crippen molar-refractivity contribution in [2.75, 3.05) is 7.11 Å². The smallest absolute Gasteiger partial charge is 0.328 e. The molecule has 1 amide bonds. The van der Waals surface area contributed by atoms with E-state index in [0.717, 1.165) is 7.11 Å². The third-order valence-electron chi connectivity index (χ3n) is 4.49. The van der Waals surface area contributed by atoms with Crippen molar-refractivity contribution in [3.8, 4) is 5.75 Å². The molecule has 3 aromatic rings. The lowest BCUT2D eigenvalue weighted by Gasteiger charge is -2.16. The highest BCUT2D eigenvalue weighted by molar-refractivity contribution is 6.45. The van der Waals surface area contributed by atoms with Crippen molar-refractivity contribution in [2.24, 2.45) is 0 Å². The summed E-state index contributed by atoms with van der Waals surface area (Å²) in [5.41, 5.74) is 0.791. The number of nitro benzene ring substituents is 1. The minimum Gasteiger partial charge on any atom is -0.508 e. The van der Waals surface area contributed by atoms with E-state index >= 15 is 0 Å². The number of benzene rings is 2. The first kappa shape index (κ1) is 20.5. The van der Waals surface area contributed by atoms with Crippen LogP contribution in [0.15, 0.2) is 48.7 Å². The molecule has 154 valence electrons. The Morgan fingerprint density at radius 1 is 1.20 bits per heavy atom. The molecule has 30 heavy (non-hydrogen) atoms. The van der Waals surface area contributed by atoms with Crippen molar-refractivity contribution < 1.29 is 29.2 Å². The molecule has 0 aliphatic heterocycles. The molecule has 10 heteroatoms. The molecule has 2 aromatic carbocycles. The number of aromatic amines is 1. The predicted molar refractivity (Wildman–Crippen MR) is 105 cm³/mol. The van der Waals surface area contributed by atoms with Crippen LogP contribution in [0.25, 0.3) is 10.9 Å². The van der Waals surface area contributed by atoms with Gasteiger partial charge in [-0.05, 0) is 23.8 Å². The summed E-state index contributed by atoms with van der Waals surface area (Å²) in [6.45, 7) is 0. The van der Waals surface area contributed by atoms with Crippen LogP contribution in [0.1, 0.15) is 15.9 Å². The number of fused-ring (bicyclic) bond motifs is 1. The highest BCUT2D eigenvalue weighted by Crippen LogP contribution is 2.24. The maximum Gasteiger partial charge on any atom is 0.328 e. The fraction of sp³-hybridized carbons (Fsp3) is 0.150. The maximum absolute atomic E-state index is 12.7. The molecule has 1 unspecified atom stereocenters. The average molecular weight is 411 g/mol. The van der Waals surface area contributed by atoms with Crippen LogP contribution in [0, 0.1) is 10.1 Å². The fourth-order valence-electron chi connectivity index (χ4n) is 2.96. The molecule has 1 aromatic heterocycles. The number of aromatic nitrogens is 1. The third kappa shape index (κ3) is 4.27. The normalized spacial score (nSPS) is 11.6. The van der Waals surface area contributed by atoms with Crippen molar-refractivity contribution in [3.05, 3.63) is 69.9 Å². The lowest BCUT2D eigenvalue weighted by atomic mass is 10.0. The van der Waals surface area contributed by atoms with Crippen molar-refractivity contribution in [3.63, 3.8) is 0 Å². The largest absolute Gasteiger partial charge is 0.508 e. The first-order valence-corrected chi connectivity index (χ1v) is 8.76. The number of nitrogens with one attached hydrogen (secondary N) is 2. The number of ether oxygens (including phenoxy) is 1. The number of nitrogens with zero attached hydrogens (tertiary/aromatic N) is 1. The molecule has 1 heterocycles. The van der Waals surface area contributed by atoms with Crippen LogP contribution in [-0.2, 0) is 20.7 Å². The summed E-state index contributed by atoms with van der Waals surface area (Å²) in [7, 11) is 1.15. The van der Waals surface area contributed by atoms with E-state index in [9.17, 15) is 29.6 Å². The number of hydrogen-bond donors (Lipinski definition) is 3. The van der Waals surface area contributed by atoms with Gasteiger partial charge in [0, 0.05) is 35.7 Å². The van der Waals surface area contributed by atoms with Crippen molar-refractivity contribution in [2.45, 2.75) is 12.5 Å². The average Bonchev–Trinajstić information content (AvgIpc) is 3.16. The lowest BCUT2D eigenvalue weighted by Crippen LogP contribution is -2.45. The molecule has 0 bridgehead atoms. The van der Waals surface area contributed by atoms with Gasteiger partial charge in [-0.15, -0.1) is 0 Å². The van der Waals surface area contributed by atoms with Gasteiger partial charge in [-0.3, -0.25) is 19.7 Å². The SMILES string of the molecule is COC(=O)C(Cc1ccc(O)cc1)NC(=O)C(=O)c1c[nH]c2ccc([N+](=O)[O-])cc12. The van der Waals surface area contributed by atoms with Gasteiger partial charge in [-0.1, -0.05) is 12.1 Å². The molecule has 10 nitrogen and oxygen atoms in total. The van der Waals surface area contributed by atoms with Gasteiger partial charge in [0.1, 0.15) is 11.8 Å². The Morgan fingerprint density at radius 2 is 1.90 bits per heavy atom. The minimum atomic E-state index is -1.14. The molecule has 0 aliphatic rings. The number of carbonyl (C=O) groups excluding carboxylic acids is 3. The van der Waals surface area contributed by atoms with Gasteiger partial charge in [-0.25, -0.2) is 4.79 Å². The molecule has 0 saturated carbocycles. The minimum absolute atomic E-state index is 0.0331. The number of carbonyl (C=O) groups is 3.